The van der Waals surface area contributed by atoms with Crippen LogP contribution in [0, 0.1) is 6.92 Å². The fraction of sp³-hybridized carbons (Fsp3) is 0.667. The third kappa shape index (κ3) is 5.82. The van der Waals surface area contributed by atoms with Gasteiger partial charge >= 0.3 is 0 Å². The first-order chi connectivity index (χ1) is 11.0. The molecule has 1 atom stereocenters. The second-order valence-electron chi connectivity index (χ2n) is 5.79. The number of carbonyl (C=O) groups excluding carboxylic acids is 1. The van der Waals surface area contributed by atoms with Crippen LogP contribution in [-0.2, 0) is 9.53 Å². The number of rotatable bonds is 10. The van der Waals surface area contributed by atoms with E-state index in [1.807, 2.05) is 33.8 Å². The van der Waals surface area contributed by atoms with Gasteiger partial charge in [-0.25, -0.2) is 4.98 Å². The lowest BCUT2D eigenvalue weighted by Crippen LogP contribution is -2.43. The molecule has 23 heavy (non-hydrogen) atoms. The summed E-state index contributed by atoms with van der Waals surface area (Å²) in [6.45, 7) is 10.8. The highest BCUT2D eigenvalue weighted by atomic mass is 16.5. The number of nitrogens with one attached hydrogen (secondary N) is 1. The van der Waals surface area contributed by atoms with E-state index in [-0.39, 0.29) is 5.91 Å². The van der Waals surface area contributed by atoms with Crippen molar-refractivity contribution in [2.45, 2.75) is 65.9 Å². The minimum atomic E-state index is -0.811. The van der Waals surface area contributed by atoms with Crippen molar-refractivity contribution in [1.82, 2.24) is 4.98 Å². The summed E-state index contributed by atoms with van der Waals surface area (Å²) in [4.78, 5) is 17.0. The zero-order chi connectivity index (χ0) is 17.3. The molecule has 1 N–H and O–H groups in total. The lowest BCUT2D eigenvalue weighted by atomic mass is 9.96. The molecule has 1 rings (SSSR count). The van der Waals surface area contributed by atoms with E-state index in [0.29, 0.717) is 31.2 Å². The Balaban J connectivity index is 2.81. The first-order valence-corrected chi connectivity index (χ1v) is 8.52. The van der Waals surface area contributed by atoms with Gasteiger partial charge in [0.15, 0.2) is 0 Å². The lowest BCUT2D eigenvalue weighted by Gasteiger charge is -2.28. The molecule has 0 aliphatic rings. The van der Waals surface area contributed by atoms with Crippen LogP contribution in [0.3, 0.4) is 0 Å². The Labute approximate surface area is 139 Å². The van der Waals surface area contributed by atoms with E-state index in [1.165, 1.54) is 0 Å². The Hall–Kier alpha value is -1.62. The first-order valence-electron chi connectivity index (χ1n) is 8.52. The standard InChI is InChI=1S/C18H30N2O3/c1-6-9-10-13-18(5,23-8-3)17(21)20-15-11-12-16(22-7-2)19-14(15)4/h11-12H,6-10,13H2,1-5H3,(H,20,21). The Bertz CT molecular complexity index is 505. The number of hydrogen-bond acceptors (Lipinski definition) is 4. The molecule has 0 fully saturated rings. The smallest absolute Gasteiger partial charge is 0.256 e. The number of aryl methyl sites for hydroxylation is 1. The van der Waals surface area contributed by atoms with Crippen molar-refractivity contribution in [3.8, 4) is 5.88 Å². The average molecular weight is 322 g/mol. The topological polar surface area (TPSA) is 60.5 Å². The number of carbonyl (C=O) groups is 1. The number of unbranched alkanes of at least 4 members (excludes halogenated alkanes) is 2. The highest BCUT2D eigenvalue weighted by Gasteiger charge is 2.33. The molecule has 1 aromatic heterocycles. The Morgan fingerprint density at radius 2 is 1.96 bits per heavy atom. The van der Waals surface area contributed by atoms with Gasteiger partial charge in [-0.3, -0.25) is 4.79 Å². The number of pyridine rings is 1. The van der Waals surface area contributed by atoms with Crippen LogP contribution in [0.2, 0.25) is 0 Å². The monoisotopic (exact) mass is 322 g/mol. The molecule has 1 unspecified atom stereocenters. The fourth-order valence-corrected chi connectivity index (χ4v) is 2.44. The molecule has 0 aliphatic heterocycles. The molecule has 130 valence electrons. The van der Waals surface area contributed by atoms with Crippen LogP contribution < -0.4 is 10.1 Å². The maximum Gasteiger partial charge on any atom is 0.256 e. The molecule has 0 bridgehead atoms. The summed E-state index contributed by atoms with van der Waals surface area (Å²) in [6.07, 6.45) is 3.90. The van der Waals surface area contributed by atoms with Crippen molar-refractivity contribution in [1.29, 1.82) is 0 Å². The van der Waals surface area contributed by atoms with Crippen LogP contribution in [0.1, 0.15) is 59.1 Å². The summed E-state index contributed by atoms with van der Waals surface area (Å²) in [5, 5.41) is 2.95. The summed E-state index contributed by atoms with van der Waals surface area (Å²) in [6, 6.07) is 3.59. The molecule has 1 amide bonds. The highest BCUT2D eigenvalue weighted by Crippen LogP contribution is 2.24. The number of aromatic nitrogens is 1. The van der Waals surface area contributed by atoms with E-state index in [9.17, 15) is 4.79 Å². The van der Waals surface area contributed by atoms with Crippen LogP contribution in [0.5, 0.6) is 5.88 Å². The molecule has 5 heteroatoms. The zero-order valence-electron chi connectivity index (χ0n) is 15.1. The zero-order valence-corrected chi connectivity index (χ0v) is 15.1. The quantitative estimate of drug-likeness (QED) is 0.659. The molecule has 0 saturated heterocycles. The summed E-state index contributed by atoms with van der Waals surface area (Å²) < 4.78 is 11.1. The molecular formula is C18H30N2O3. The van der Waals surface area contributed by atoms with Crippen LogP contribution in [0.15, 0.2) is 12.1 Å². The normalized spacial score (nSPS) is 13.4. The van der Waals surface area contributed by atoms with E-state index >= 15 is 0 Å². The van der Waals surface area contributed by atoms with Gasteiger partial charge in [0.1, 0.15) is 5.60 Å². The van der Waals surface area contributed by atoms with Gasteiger partial charge in [-0.05, 0) is 40.2 Å². The second kappa shape index (κ2) is 9.50. The predicted molar refractivity (Wildman–Crippen MR) is 92.9 cm³/mol. The summed E-state index contributed by atoms with van der Waals surface area (Å²) in [5.74, 6) is 0.447. The first kappa shape index (κ1) is 19.4. The maximum absolute atomic E-state index is 12.7. The largest absolute Gasteiger partial charge is 0.478 e. The summed E-state index contributed by atoms with van der Waals surface area (Å²) >= 11 is 0. The number of nitrogens with zero attached hydrogens (tertiary/aromatic N) is 1. The van der Waals surface area contributed by atoms with Crippen LogP contribution in [0.4, 0.5) is 5.69 Å². The number of anilines is 1. The molecule has 1 heterocycles. The van der Waals surface area contributed by atoms with E-state index < -0.39 is 5.60 Å². The van der Waals surface area contributed by atoms with Crippen molar-refractivity contribution >= 4 is 11.6 Å². The Morgan fingerprint density at radius 3 is 2.52 bits per heavy atom. The predicted octanol–water partition coefficient (Wildman–Crippen LogP) is 4.10. The highest BCUT2D eigenvalue weighted by molar-refractivity contribution is 5.97. The van der Waals surface area contributed by atoms with Gasteiger partial charge in [0.2, 0.25) is 5.88 Å². The van der Waals surface area contributed by atoms with Crippen LogP contribution >= 0.6 is 0 Å². The minimum absolute atomic E-state index is 0.121. The van der Waals surface area contributed by atoms with Gasteiger partial charge in [-0.15, -0.1) is 0 Å². The SMILES string of the molecule is CCCCCC(C)(OCC)C(=O)Nc1ccc(OCC)nc1C. The van der Waals surface area contributed by atoms with Crippen molar-refractivity contribution < 1.29 is 14.3 Å². The molecule has 0 aliphatic carbocycles. The van der Waals surface area contributed by atoms with Gasteiger partial charge in [-0.1, -0.05) is 26.2 Å². The van der Waals surface area contributed by atoms with Crippen LogP contribution in [0.25, 0.3) is 0 Å². The van der Waals surface area contributed by atoms with E-state index in [4.69, 9.17) is 9.47 Å². The summed E-state index contributed by atoms with van der Waals surface area (Å²) in [5.41, 5.74) is 0.617. The van der Waals surface area contributed by atoms with Gasteiger partial charge in [0.05, 0.1) is 18.0 Å². The van der Waals surface area contributed by atoms with Gasteiger partial charge in [-0.2, -0.15) is 0 Å². The minimum Gasteiger partial charge on any atom is -0.478 e. The summed E-state index contributed by atoms with van der Waals surface area (Å²) in [7, 11) is 0. The molecule has 5 nitrogen and oxygen atoms in total. The van der Waals surface area contributed by atoms with E-state index in [0.717, 1.165) is 25.0 Å². The van der Waals surface area contributed by atoms with Crippen molar-refractivity contribution in [2.75, 3.05) is 18.5 Å². The molecule has 0 spiro atoms. The molecule has 0 saturated carbocycles. The van der Waals surface area contributed by atoms with E-state index in [2.05, 4.69) is 17.2 Å². The van der Waals surface area contributed by atoms with E-state index in [1.54, 1.807) is 6.07 Å². The second-order valence-corrected chi connectivity index (χ2v) is 5.79. The lowest BCUT2D eigenvalue weighted by molar-refractivity contribution is -0.139. The fourth-order valence-electron chi connectivity index (χ4n) is 2.44. The van der Waals surface area contributed by atoms with Crippen molar-refractivity contribution in [3.63, 3.8) is 0 Å². The molecule has 1 aromatic rings. The van der Waals surface area contributed by atoms with Crippen LogP contribution in [-0.4, -0.2) is 29.7 Å². The van der Waals surface area contributed by atoms with Gasteiger partial charge in [0, 0.05) is 12.7 Å². The molecule has 0 radical (unpaired) electrons. The van der Waals surface area contributed by atoms with Gasteiger partial charge < -0.3 is 14.8 Å². The maximum atomic E-state index is 12.7. The third-order valence-corrected chi connectivity index (χ3v) is 3.80. The van der Waals surface area contributed by atoms with Crippen molar-refractivity contribution in [2.24, 2.45) is 0 Å². The molecular weight excluding hydrogens is 292 g/mol. The third-order valence-electron chi connectivity index (χ3n) is 3.80. The number of ether oxygens (including phenoxy) is 2. The Morgan fingerprint density at radius 1 is 1.22 bits per heavy atom. The van der Waals surface area contributed by atoms with Crippen molar-refractivity contribution in [3.05, 3.63) is 17.8 Å². The Kier molecular flexibility index (Phi) is 8.03. The molecule has 0 aromatic carbocycles. The number of hydrogen-bond donors (Lipinski definition) is 1. The average Bonchev–Trinajstić information content (AvgIpc) is 2.50. The number of amides is 1. The van der Waals surface area contributed by atoms with Gasteiger partial charge in [0.25, 0.3) is 5.91 Å².